The van der Waals surface area contributed by atoms with Gasteiger partial charge in [-0.3, -0.25) is 10.1 Å². The van der Waals surface area contributed by atoms with E-state index in [1.807, 2.05) is 0 Å². The summed E-state index contributed by atoms with van der Waals surface area (Å²) in [5, 5.41) is 10.8. The van der Waals surface area contributed by atoms with Crippen molar-refractivity contribution in [2.45, 2.75) is 6.92 Å². The molecule has 0 aliphatic heterocycles. The lowest BCUT2D eigenvalue weighted by molar-refractivity contribution is -0.386. The molecule has 0 unspecified atom stereocenters. The third kappa shape index (κ3) is 3.87. The maximum atomic E-state index is 11.0. The molecule has 8 heteroatoms. The van der Waals surface area contributed by atoms with Gasteiger partial charge in [0.05, 0.1) is 22.7 Å². The monoisotopic (exact) mass is 260 g/mol. The lowest BCUT2D eigenvalue weighted by atomic mass is 10.4. The van der Waals surface area contributed by atoms with E-state index in [0.29, 0.717) is 0 Å². The van der Waals surface area contributed by atoms with E-state index in [0.717, 1.165) is 6.07 Å². The van der Waals surface area contributed by atoms with Gasteiger partial charge in [-0.25, -0.2) is 9.78 Å². The van der Waals surface area contributed by atoms with Gasteiger partial charge in [-0.15, -0.1) is 0 Å². The average Bonchev–Trinajstić information content (AvgIpc) is 2.27. The lowest BCUT2D eigenvalue weighted by Gasteiger charge is -2.05. The number of nitrogens with zero attached hydrogens (tertiary/aromatic N) is 2. The number of esters is 1. The molecule has 0 aliphatic carbocycles. The standard InChI is InChI=1S/C9H9ClN2O5/c1-2-16-8(13)5-17-9-7(12(14)15)3-6(10)4-11-9/h3-4H,2,5H2,1H3. The summed E-state index contributed by atoms with van der Waals surface area (Å²) >= 11 is 5.56. The van der Waals surface area contributed by atoms with Crippen molar-refractivity contribution >= 4 is 23.3 Å². The molecule has 0 fully saturated rings. The number of carbonyl (C=O) groups excluding carboxylic acids is 1. The minimum atomic E-state index is -0.695. The second kappa shape index (κ2) is 6.00. The summed E-state index contributed by atoms with van der Waals surface area (Å²) in [4.78, 5) is 24.6. The number of ether oxygens (including phenoxy) is 2. The van der Waals surface area contributed by atoms with Gasteiger partial charge in [0.2, 0.25) is 0 Å². The lowest BCUT2D eigenvalue weighted by Crippen LogP contribution is -2.15. The molecule has 0 bridgehead atoms. The van der Waals surface area contributed by atoms with Crippen LogP contribution >= 0.6 is 11.6 Å². The Labute approximate surface area is 101 Å². The highest BCUT2D eigenvalue weighted by atomic mass is 35.5. The maximum absolute atomic E-state index is 11.0. The van der Waals surface area contributed by atoms with Crippen molar-refractivity contribution in [2.75, 3.05) is 13.2 Å². The number of pyridine rings is 1. The largest absolute Gasteiger partial charge is 0.463 e. The summed E-state index contributed by atoms with van der Waals surface area (Å²) < 4.78 is 9.48. The molecule has 0 aliphatic rings. The number of rotatable bonds is 5. The van der Waals surface area contributed by atoms with Gasteiger partial charge in [0.1, 0.15) is 0 Å². The molecule has 1 aromatic rings. The van der Waals surface area contributed by atoms with Gasteiger partial charge >= 0.3 is 11.7 Å². The Morgan fingerprint density at radius 3 is 2.94 bits per heavy atom. The van der Waals surface area contributed by atoms with Gasteiger partial charge in [0.15, 0.2) is 6.61 Å². The zero-order valence-electron chi connectivity index (χ0n) is 8.88. The average molecular weight is 261 g/mol. The first kappa shape index (κ1) is 13.2. The van der Waals surface area contributed by atoms with Gasteiger partial charge in [0.25, 0.3) is 5.88 Å². The molecule has 0 amide bonds. The minimum absolute atomic E-state index is 0.111. The highest BCUT2D eigenvalue weighted by Gasteiger charge is 2.18. The predicted octanol–water partition coefficient (Wildman–Crippen LogP) is 1.59. The maximum Gasteiger partial charge on any atom is 0.344 e. The highest BCUT2D eigenvalue weighted by molar-refractivity contribution is 6.30. The molecule has 17 heavy (non-hydrogen) atoms. The van der Waals surface area contributed by atoms with Crippen LogP contribution < -0.4 is 4.74 Å². The zero-order chi connectivity index (χ0) is 12.8. The first-order valence-corrected chi connectivity index (χ1v) is 5.00. The van der Waals surface area contributed by atoms with Crippen molar-refractivity contribution < 1.29 is 19.2 Å². The Morgan fingerprint density at radius 1 is 1.65 bits per heavy atom. The fourth-order valence-corrected chi connectivity index (χ4v) is 1.14. The fourth-order valence-electron chi connectivity index (χ4n) is 0.988. The van der Waals surface area contributed by atoms with Crippen molar-refractivity contribution in [1.82, 2.24) is 4.98 Å². The van der Waals surface area contributed by atoms with Crippen LogP contribution in [0.5, 0.6) is 5.88 Å². The van der Waals surface area contributed by atoms with Crippen LogP contribution in [0.2, 0.25) is 5.02 Å². The second-order valence-corrected chi connectivity index (χ2v) is 3.27. The van der Waals surface area contributed by atoms with Crippen molar-refractivity contribution in [3.8, 4) is 5.88 Å². The van der Waals surface area contributed by atoms with Gasteiger partial charge in [-0.1, -0.05) is 11.6 Å². The van der Waals surface area contributed by atoms with E-state index >= 15 is 0 Å². The molecule has 0 spiro atoms. The molecule has 0 N–H and O–H groups in total. The van der Waals surface area contributed by atoms with Crippen LogP contribution in [-0.4, -0.2) is 29.1 Å². The Hall–Kier alpha value is -1.89. The number of nitro groups is 1. The smallest absolute Gasteiger partial charge is 0.344 e. The van der Waals surface area contributed by atoms with Crippen molar-refractivity contribution in [1.29, 1.82) is 0 Å². The van der Waals surface area contributed by atoms with E-state index in [2.05, 4.69) is 9.72 Å². The van der Waals surface area contributed by atoms with E-state index in [9.17, 15) is 14.9 Å². The Balaban J connectivity index is 2.77. The number of aromatic nitrogens is 1. The fraction of sp³-hybridized carbons (Fsp3) is 0.333. The van der Waals surface area contributed by atoms with Gasteiger partial charge in [0, 0.05) is 6.07 Å². The SMILES string of the molecule is CCOC(=O)COc1ncc(Cl)cc1[N+](=O)[O-]. The molecule has 0 saturated carbocycles. The van der Waals surface area contributed by atoms with Crippen LogP contribution in [0.4, 0.5) is 5.69 Å². The molecule has 0 saturated heterocycles. The predicted molar refractivity (Wildman–Crippen MR) is 58.0 cm³/mol. The van der Waals surface area contributed by atoms with Crippen molar-refractivity contribution in [2.24, 2.45) is 0 Å². The van der Waals surface area contributed by atoms with Gasteiger partial charge in [-0.05, 0) is 6.92 Å². The summed E-state index contributed by atoms with van der Waals surface area (Å²) in [7, 11) is 0. The number of hydrogen-bond donors (Lipinski definition) is 0. The number of carbonyl (C=O) groups is 1. The molecule has 0 atom stereocenters. The zero-order valence-corrected chi connectivity index (χ0v) is 9.64. The van der Waals surface area contributed by atoms with Crippen LogP contribution in [0.1, 0.15) is 6.92 Å². The molecule has 1 aromatic heterocycles. The van der Waals surface area contributed by atoms with E-state index in [-0.39, 0.29) is 17.5 Å². The summed E-state index contributed by atoms with van der Waals surface area (Å²) in [5.74, 6) is -0.897. The van der Waals surface area contributed by atoms with Crippen LogP contribution in [0, 0.1) is 10.1 Å². The molecule has 92 valence electrons. The topological polar surface area (TPSA) is 91.6 Å². The third-order valence-electron chi connectivity index (χ3n) is 1.63. The van der Waals surface area contributed by atoms with E-state index < -0.39 is 23.2 Å². The first-order chi connectivity index (χ1) is 8.04. The first-order valence-electron chi connectivity index (χ1n) is 4.63. The van der Waals surface area contributed by atoms with Crippen LogP contribution in [0.15, 0.2) is 12.3 Å². The van der Waals surface area contributed by atoms with Gasteiger partial charge in [-0.2, -0.15) is 0 Å². The summed E-state index contributed by atoms with van der Waals surface area (Å²) in [5.41, 5.74) is -0.401. The quantitative estimate of drug-likeness (QED) is 0.453. The molecule has 1 rings (SSSR count). The molecular weight excluding hydrogens is 252 g/mol. The normalized spacial score (nSPS) is 9.76. The Bertz CT molecular complexity index is 437. The van der Waals surface area contributed by atoms with Crippen LogP contribution in [0.3, 0.4) is 0 Å². The summed E-state index contributed by atoms with van der Waals surface area (Å²) in [6.45, 7) is 1.41. The van der Waals surface area contributed by atoms with E-state index in [1.54, 1.807) is 6.92 Å². The van der Waals surface area contributed by atoms with Crippen LogP contribution in [-0.2, 0) is 9.53 Å². The summed E-state index contributed by atoms with van der Waals surface area (Å²) in [6.07, 6.45) is 1.19. The molecule has 7 nitrogen and oxygen atoms in total. The number of halogens is 1. The number of hydrogen-bond acceptors (Lipinski definition) is 6. The minimum Gasteiger partial charge on any atom is -0.463 e. The van der Waals surface area contributed by atoms with Gasteiger partial charge < -0.3 is 9.47 Å². The third-order valence-corrected chi connectivity index (χ3v) is 1.83. The molecule has 0 aromatic carbocycles. The summed E-state index contributed by atoms with van der Waals surface area (Å²) in [6, 6.07) is 1.09. The Kier molecular flexibility index (Phi) is 4.65. The molecule has 1 heterocycles. The van der Waals surface area contributed by atoms with Crippen molar-refractivity contribution in [3.63, 3.8) is 0 Å². The van der Waals surface area contributed by atoms with Crippen molar-refractivity contribution in [3.05, 3.63) is 27.4 Å². The highest BCUT2D eigenvalue weighted by Crippen LogP contribution is 2.26. The molecular formula is C9H9ClN2O5. The Morgan fingerprint density at radius 2 is 2.35 bits per heavy atom. The second-order valence-electron chi connectivity index (χ2n) is 2.83. The van der Waals surface area contributed by atoms with E-state index in [1.165, 1.54) is 6.20 Å². The van der Waals surface area contributed by atoms with E-state index in [4.69, 9.17) is 16.3 Å². The molecule has 0 radical (unpaired) electrons. The van der Waals surface area contributed by atoms with Crippen LogP contribution in [0.25, 0.3) is 0 Å².